The Morgan fingerprint density at radius 2 is 2.12 bits per heavy atom. The highest BCUT2D eigenvalue weighted by Crippen LogP contribution is 2.30. The lowest BCUT2D eigenvalue weighted by molar-refractivity contribution is 0.0692. The molecule has 0 radical (unpaired) electrons. The van der Waals surface area contributed by atoms with Gasteiger partial charge in [-0.1, -0.05) is 17.7 Å². The molecular formula is C16H13ClN4O3. The zero-order chi connectivity index (χ0) is 17.3. The third kappa shape index (κ3) is 2.81. The molecule has 0 aliphatic rings. The summed E-state index contributed by atoms with van der Waals surface area (Å²) in [6.07, 6.45) is 1.69. The van der Waals surface area contributed by atoms with E-state index in [4.69, 9.17) is 16.3 Å². The quantitative estimate of drug-likeness (QED) is 0.709. The highest BCUT2D eigenvalue weighted by Gasteiger charge is 2.19. The van der Waals surface area contributed by atoms with Crippen LogP contribution in [0.25, 0.3) is 5.65 Å². The summed E-state index contributed by atoms with van der Waals surface area (Å²) < 4.78 is 6.67. The van der Waals surface area contributed by atoms with Crippen molar-refractivity contribution in [2.24, 2.45) is 10.2 Å². The van der Waals surface area contributed by atoms with Crippen LogP contribution < -0.4 is 4.74 Å². The van der Waals surface area contributed by atoms with Gasteiger partial charge in [0.1, 0.15) is 11.4 Å². The maximum Gasteiger partial charge on any atom is 0.358 e. The van der Waals surface area contributed by atoms with Crippen molar-refractivity contribution in [1.29, 1.82) is 0 Å². The van der Waals surface area contributed by atoms with Crippen LogP contribution in [0.3, 0.4) is 0 Å². The Balaban J connectivity index is 2.09. The number of methoxy groups -OCH3 is 1. The van der Waals surface area contributed by atoms with Crippen molar-refractivity contribution in [3.05, 3.63) is 52.8 Å². The summed E-state index contributed by atoms with van der Waals surface area (Å²) in [5.41, 5.74) is 1.68. The number of carboxylic acid groups (broad SMARTS) is 1. The first-order chi connectivity index (χ1) is 11.5. The van der Waals surface area contributed by atoms with Gasteiger partial charge in [-0.3, -0.25) is 4.40 Å². The van der Waals surface area contributed by atoms with E-state index in [9.17, 15) is 9.90 Å². The molecule has 24 heavy (non-hydrogen) atoms. The lowest BCUT2D eigenvalue weighted by atomic mass is 10.3. The van der Waals surface area contributed by atoms with Gasteiger partial charge in [0, 0.05) is 6.20 Å². The van der Waals surface area contributed by atoms with Gasteiger partial charge >= 0.3 is 5.97 Å². The van der Waals surface area contributed by atoms with Crippen molar-refractivity contribution in [2.75, 3.05) is 7.11 Å². The number of azo groups is 1. The van der Waals surface area contributed by atoms with Gasteiger partial charge in [0.2, 0.25) is 0 Å². The van der Waals surface area contributed by atoms with Crippen LogP contribution in [0.1, 0.15) is 16.1 Å². The number of aryl methyl sites for hydroxylation is 1. The second-order valence-corrected chi connectivity index (χ2v) is 5.40. The molecular weight excluding hydrogens is 332 g/mol. The van der Waals surface area contributed by atoms with Gasteiger partial charge in [-0.2, -0.15) is 0 Å². The highest BCUT2D eigenvalue weighted by atomic mass is 35.5. The Morgan fingerprint density at radius 3 is 2.79 bits per heavy atom. The number of hydrogen-bond acceptors (Lipinski definition) is 5. The number of imidazole rings is 1. The van der Waals surface area contributed by atoms with E-state index in [-0.39, 0.29) is 11.5 Å². The smallest absolute Gasteiger partial charge is 0.358 e. The summed E-state index contributed by atoms with van der Waals surface area (Å²) in [4.78, 5) is 15.6. The molecule has 2 aromatic heterocycles. The van der Waals surface area contributed by atoms with Gasteiger partial charge in [-0.25, -0.2) is 9.78 Å². The molecule has 1 aromatic carbocycles. The van der Waals surface area contributed by atoms with E-state index < -0.39 is 5.97 Å². The third-order valence-electron chi connectivity index (χ3n) is 3.42. The molecule has 0 spiro atoms. The van der Waals surface area contributed by atoms with Crippen LogP contribution in [0.5, 0.6) is 5.75 Å². The molecule has 0 bridgehead atoms. The van der Waals surface area contributed by atoms with Gasteiger partial charge in [-0.15, -0.1) is 10.2 Å². The molecule has 0 amide bonds. The summed E-state index contributed by atoms with van der Waals surface area (Å²) in [5, 5.41) is 17.9. The monoisotopic (exact) mass is 344 g/mol. The number of nitrogens with zero attached hydrogens (tertiary/aromatic N) is 4. The number of pyridine rings is 1. The first-order valence-corrected chi connectivity index (χ1v) is 7.35. The molecule has 122 valence electrons. The molecule has 0 fully saturated rings. The second-order valence-electron chi connectivity index (χ2n) is 4.99. The van der Waals surface area contributed by atoms with E-state index in [1.54, 1.807) is 34.9 Å². The predicted molar refractivity (Wildman–Crippen MR) is 89.1 cm³/mol. The van der Waals surface area contributed by atoms with Crippen molar-refractivity contribution in [3.8, 4) is 5.75 Å². The summed E-state index contributed by atoms with van der Waals surface area (Å²) in [7, 11) is 1.52. The fraction of sp³-hybridized carbons (Fsp3) is 0.125. The van der Waals surface area contributed by atoms with Gasteiger partial charge in [0.15, 0.2) is 11.5 Å². The number of hydrogen-bond donors (Lipinski definition) is 1. The number of carboxylic acids is 1. The summed E-state index contributed by atoms with van der Waals surface area (Å²) in [6, 6.07) is 8.55. The molecule has 7 nitrogen and oxygen atoms in total. The molecule has 0 atom stereocenters. The van der Waals surface area contributed by atoms with Gasteiger partial charge in [-0.05, 0) is 36.8 Å². The minimum absolute atomic E-state index is 0.146. The zero-order valence-electron chi connectivity index (χ0n) is 12.9. The van der Waals surface area contributed by atoms with Crippen LogP contribution in [0.15, 0.2) is 46.8 Å². The van der Waals surface area contributed by atoms with E-state index in [0.717, 1.165) is 5.56 Å². The molecule has 0 unspecified atom stereocenters. The molecule has 3 aromatic rings. The van der Waals surface area contributed by atoms with Crippen LogP contribution in [0.2, 0.25) is 5.02 Å². The number of rotatable bonds is 4. The molecule has 2 heterocycles. The summed E-state index contributed by atoms with van der Waals surface area (Å²) in [5.74, 6) is -0.500. The van der Waals surface area contributed by atoms with E-state index in [1.165, 1.54) is 7.11 Å². The van der Waals surface area contributed by atoms with Crippen molar-refractivity contribution >= 4 is 34.7 Å². The average Bonchev–Trinajstić information content (AvgIpc) is 2.93. The number of aromatic nitrogens is 2. The number of carbonyl (C=O) groups is 1. The first-order valence-electron chi connectivity index (χ1n) is 6.97. The Hall–Kier alpha value is -2.93. The van der Waals surface area contributed by atoms with Crippen LogP contribution in [-0.4, -0.2) is 27.6 Å². The number of ether oxygens (including phenoxy) is 1. The lowest BCUT2D eigenvalue weighted by Gasteiger charge is -2.02. The van der Waals surface area contributed by atoms with E-state index in [0.29, 0.717) is 22.1 Å². The third-order valence-corrected chi connectivity index (χ3v) is 3.71. The number of benzene rings is 1. The van der Waals surface area contributed by atoms with Gasteiger partial charge in [0.25, 0.3) is 0 Å². The molecule has 0 aliphatic carbocycles. The lowest BCUT2D eigenvalue weighted by Crippen LogP contribution is -1.96. The number of fused-ring (bicyclic) bond motifs is 1. The molecule has 0 saturated heterocycles. The van der Waals surface area contributed by atoms with Crippen LogP contribution in [0, 0.1) is 6.92 Å². The molecule has 3 rings (SSSR count). The fourth-order valence-electron chi connectivity index (χ4n) is 2.25. The highest BCUT2D eigenvalue weighted by molar-refractivity contribution is 6.32. The largest absolute Gasteiger partial charge is 0.495 e. The minimum Gasteiger partial charge on any atom is -0.495 e. The molecule has 8 heteroatoms. The van der Waals surface area contributed by atoms with Gasteiger partial charge < -0.3 is 9.84 Å². The summed E-state index contributed by atoms with van der Waals surface area (Å²) in [6.45, 7) is 1.85. The zero-order valence-corrected chi connectivity index (χ0v) is 13.7. The second kappa shape index (κ2) is 6.29. The first kappa shape index (κ1) is 15.9. The van der Waals surface area contributed by atoms with Crippen LogP contribution >= 0.6 is 11.6 Å². The Kier molecular flexibility index (Phi) is 4.18. The van der Waals surface area contributed by atoms with Crippen molar-refractivity contribution < 1.29 is 14.6 Å². The topological polar surface area (TPSA) is 88.5 Å². The standard InChI is InChI=1S/C16H13ClN4O3/c1-9-4-3-7-21-14(9)18-13(16(22)23)15(21)20-19-10-5-6-12(24-2)11(17)8-10/h3-8H,1-2H3,(H,22,23). The van der Waals surface area contributed by atoms with Crippen LogP contribution in [0.4, 0.5) is 11.5 Å². The molecule has 0 saturated carbocycles. The maximum atomic E-state index is 11.4. The fourth-order valence-corrected chi connectivity index (χ4v) is 2.51. The number of halogens is 1. The van der Waals surface area contributed by atoms with E-state index >= 15 is 0 Å². The van der Waals surface area contributed by atoms with Crippen LogP contribution in [-0.2, 0) is 0 Å². The Bertz CT molecular complexity index is 965. The van der Waals surface area contributed by atoms with E-state index in [1.807, 2.05) is 13.0 Å². The van der Waals surface area contributed by atoms with Gasteiger partial charge in [0.05, 0.1) is 17.8 Å². The summed E-state index contributed by atoms with van der Waals surface area (Å²) >= 11 is 6.05. The average molecular weight is 345 g/mol. The predicted octanol–water partition coefficient (Wildman–Crippen LogP) is 4.42. The van der Waals surface area contributed by atoms with E-state index in [2.05, 4.69) is 15.2 Å². The Morgan fingerprint density at radius 1 is 1.33 bits per heavy atom. The van der Waals surface area contributed by atoms with Crippen molar-refractivity contribution in [2.45, 2.75) is 6.92 Å². The number of aromatic carboxylic acids is 1. The Labute approximate surface area is 142 Å². The molecule has 1 N–H and O–H groups in total. The normalized spacial score (nSPS) is 11.3. The molecule has 0 aliphatic heterocycles. The minimum atomic E-state index is -1.17. The van der Waals surface area contributed by atoms with Crippen molar-refractivity contribution in [3.63, 3.8) is 0 Å². The maximum absolute atomic E-state index is 11.4. The SMILES string of the molecule is COc1ccc(N=Nc2c(C(=O)O)nc3c(C)cccn23)cc1Cl. The van der Waals surface area contributed by atoms with Crippen molar-refractivity contribution in [1.82, 2.24) is 9.38 Å².